The normalized spacial score (nSPS) is 11.9. The Hall–Kier alpha value is -2.24. The number of nitrogens with one attached hydrogen (secondary N) is 1. The van der Waals surface area contributed by atoms with Gasteiger partial charge in [-0.2, -0.15) is 0 Å². The third-order valence-corrected chi connectivity index (χ3v) is 5.23. The van der Waals surface area contributed by atoms with Crippen LogP contribution in [0.5, 0.6) is 0 Å². The Balaban J connectivity index is 1.66. The molecule has 0 saturated heterocycles. The molecule has 26 heavy (non-hydrogen) atoms. The molecule has 0 aliphatic heterocycles. The van der Waals surface area contributed by atoms with Crippen LogP contribution < -0.4 is 5.32 Å². The van der Waals surface area contributed by atoms with E-state index in [0.29, 0.717) is 10.8 Å². The molecule has 1 heterocycles. The third kappa shape index (κ3) is 4.90. The maximum absolute atomic E-state index is 12.5. The van der Waals surface area contributed by atoms with Gasteiger partial charge >= 0.3 is 0 Å². The number of carbonyl (C=O) groups is 1. The molecule has 6 heteroatoms. The van der Waals surface area contributed by atoms with Crippen molar-refractivity contribution in [1.29, 1.82) is 0 Å². The Labute approximate surface area is 162 Å². The lowest BCUT2D eigenvalue weighted by Gasteiger charge is -2.19. The minimum absolute atomic E-state index is 0.0196. The Bertz CT molecular complexity index is 849. The number of aryl methyl sites for hydroxylation is 1. The first-order valence-corrected chi connectivity index (χ1v) is 9.80. The zero-order valence-electron chi connectivity index (χ0n) is 14.4. The number of hydrogen-bond donors (Lipinski definition) is 1. The van der Waals surface area contributed by atoms with Gasteiger partial charge in [-0.05, 0) is 23.3 Å². The fourth-order valence-electron chi connectivity index (χ4n) is 2.65. The van der Waals surface area contributed by atoms with Crippen molar-refractivity contribution in [3.63, 3.8) is 0 Å². The summed E-state index contributed by atoms with van der Waals surface area (Å²) in [6.45, 7) is 0. The number of amides is 1. The molecule has 4 nitrogen and oxygen atoms in total. The summed E-state index contributed by atoms with van der Waals surface area (Å²) in [5.74, 6) is 1.97. The summed E-state index contributed by atoms with van der Waals surface area (Å²) in [6.07, 6.45) is 3.60. The lowest BCUT2D eigenvalue weighted by atomic mass is 10.1. The maximum atomic E-state index is 12.5. The van der Waals surface area contributed by atoms with Crippen LogP contribution in [-0.2, 0) is 17.6 Å². The lowest BCUT2D eigenvalue weighted by Crippen LogP contribution is -2.32. The minimum atomic E-state index is -0.308. The molecule has 0 unspecified atom stereocenters. The largest absolute Gasteiger partial charge is 0.341 e. The monoisotopic (exact) mass is 385 g/mol. The van der Waals surface area contributed by atoms with Crippen molar-refractivity contribution >= 4 is 29.3 Å². The Morgan fingerprint density at radius 3 is 2.58 bits per heavy atom. The van der Waals surface area contributed by atoms with Crippen molar-refractivity contribution < 1.29 is 4.79 Å². The highest BCUT2D eigenvalue weighted by Gasteiger charge is 2.20. The van der Waals surface area contributed by atoms with Crippen LogP contribution in [0.3, 0.4) is 0 Å². The molecule has 0 aliphatic carbocycles. The first kappa shape index (κ1) is 18.5. The molecule has 134 valence electrons. The summed E-state index contributed by atoms with van der Waals surface area (Å²) in [7, 11) is 1.92. The topological polar surface area (TPSA) is 46.9 Å². The van der Waals surface area contributed by atoms with E-state index >= 15 is 0 Å². The van der Waals surface area contributed by atoms with E-state index in [4.69, 9.17) is 11.6 Å². The molecule has 0 aliphatic rings. The molecule has 3 aromatic rings. The third-order valence-electron chi connectivity index (χ3n) is 3.97. The van der Waals surface area contributed by atoms with Crippen LogP contribution in [0.4, 0.5) is 0 Å². The summed E-state index contributed by atoms with van der Waals surface area (Å²) in [6, 6.07) is 17.3. The smallest absolute Gasteiger partial charge is 0.230 e. The van der Waals surface area contributed by atoms with Crippen LogP contribution in [0.15, 0.2) is 67.0 Å². The predicted molar refractivity (Wildman–Crippen MR) is 107 cm³/mol. The lowest BCUT2D eigenvalue weighted by molar-refractivity contribution is -0.119. The van der Waals surface area contributed by atoms with Gasteiger partial charge < -0.3 is 9.88 Å². The SMILES string of the molecule is Cn1ccnc1[C@@H](NC(=O)CSCc1ccccc1)c1ccc(Cl)cc1. The fraction of sp³-hybridized carbons (Fsp3) is 0.200. The minimum Gasteiger partial charge on any atom is -0.341 e. The predicted octanol–water partition coefficient (Wildman–Crippen LogP) is 4.21. The second-order valence-electron chi connectivity index (χ2n) is 5.93. The van der Waals surface area contributed by atoms with Gasteiger partial charge in [-0.15, -0.1) is 11.8 Å². The van der Waals surface area contributed by atoms with Crippen molar-refractivity contribution in [3.05, 3.63) is 89.0 Å². The number of thioether (sulfide) groups is 1. The van der Waals surface area contributed by atoms with E-state index < -0.39 is 0 Å². The van der Waals surface area contributed by atoms with E-state index in [0.717, 1.165) is 17.1 Å². The van der Waals surface area contributed by atoms with Crippen molar-refractivity contribution in [2.24, 2.45) is 7.05 Å². The zero-order chi connectivity index (χ0) is 18.4. The molecule has 0 radical (unpaired) electrons. The summed E-state index contributed by atoms with van der Waals surface area (Å²) < 4.78 is 1.91. The summed E-state index contributed by atoms with van der Waals surface area (Å²) in [4.78, 5) is 16.9. The van der Waals surface area contributed by atoms with Gasteiger partial charge in [0.15, 0.2) is 0 Å². The Morgan fingerprint density at radius 2 is 1.92 bits per heavy atom. The number of nitrogens with zero attached hydrogens (tertiary/aromatic N) is 2. The van der Waals surface area contributed by atoms with Crippen LogP contribution >= 0.6 is 23.4 Å². The highest BCUT2D eigenvalue weighted by atomic mass is 35.5. The van der Waals surface area contributed by atoms with Crippen LogP contribution in [0.25, 0.3) is 0 Å². The molecular formula is C20H20ClN3OS. The fourth-order valence-corrected chi connectivity index (χ4v) is 3.57. The average molecular weight is 386 g/mol. The first-order chi connectivity index (χ1) is 12.6. The second-order valence-corrected chi connectivity index (χ2v) is 7.35. The van der Waals surface area contributed by atoms with Crippen molar-refractivity contribution in [2.45, 2.75) is 11.8 Å². The number of carbonyl (C=O) groups excluding carboxylic acids is 1. The highest BCUT2D eigenvalue weighted by Crippen LogP contribution is 2.22. The maximum Gasteiger partial charge on any atom is 0.230 e. The van der Waals surface area contributed by atoms with Gasteiger partial charge in [-0.25, -0.2) is 4.98 Å². The summed E-state index contributed by atoms with van der Waals surface area (Å²) >= 11 is 7.59. The highest BCUT2D eigenvalue weighted by molar-refractivity contribution is 7.99. The molecule has 1 amide bonds. The first-order valence-electron chi connectivity index (χ1n) is 8.27. The number of halogens is 1. The number of hydrogen-bond acceptors (Lipinski definition) is 3. The molecule has 1 aromatic heterocycles. The average Bonchev–Trinajstić information content (AvgIpc) is 3.07. The second kappa shape index (κ2) is 8.92. The van der Waals surface area contributed by atoms with E-state index in [1.807, 2.05) is 60.3 Å². The van der Waals surface area contributed by atoms with Crippen molar-refractivity contribution in [1.82, 2.24) is 14.9 Å². The number of aromatic nitrogens is 2. The van der Waals surface area contributed by atoms with E-state index in [1.165, 1.54) is 5.56 Å². The molecule has 0 spiro atoms. The molecular weight excluding hydrogens is 366 g/mol. The van der Waals surface area contributed by atoms with E-state index in [-0.39, 0.29) is 11.9 Å². The van der Waals surface area contributed by atoms with Crippen LogP contribution in [0.1, 0.15) is 23.0 Å². The van der Waals surface area contributed by atoms with E-state index in [2.05, 4.69) is 22.4 Å². The Morgan fingerprint density at radius 1 is 1.19 bits per heavy atom. The standard InChI is InChI=1S/C20H20ClN3OS/c1-24-12-11-22-20(24)19(16-7-9-17(21)10-8-16)23-18(25)14-26-13-15-5-3-2-4-6-15/h2-12,19H,13-14H2,1H3,(H,23,25)/t19-/m0/s1. The van der Waals surface area contributed by atoms with Gasteiger partial charge in [-0.1, -0.05) is 54.1 Å². The van der Waals surface area contributed by atoms with Gasteiger partial charge in [0.2, 0.25) is 5.91 Å². The number of benzene rings is 2. The summed E-state index contributed by atoms with van der Waals surface area (Å²) in [5, 5.41) is 3.76. The summed E-state index contributed by atoms with van der Waals surface area (Å²) in [5.41, 5.74) is 2.16. The molecule has 3 rings (SSSR count). The van der Waals surface area contributed by atoms with Crippen molar-refractivity contribution in [2.75, 3.05) is 5.75 Å². The molecule has 0 bridgehead atoms. The molecule has 0 fully saturated rings. The van der Waals surface area contributed by atoms with Crippen LogP contribution in [-0.4, -0.2) is 21.2 Å². The van der Waals surface area contributed by atoms with E-state index in [9.17, 15) is 4.79 Å². The number of rotatable bonds is 7. The van der Waals surface area contributed by atoms with Crippen LogP contribution in [0, 0.1) is 0 Å². The van der Waals surface area contributed by atoms with Crippen molar-refractivity contribution in [3.8, 4) is 0 Å². The zero-order valence-corrected chi connectivity index (χ0v) is 16.0. The molecule has 1 N–H and O–H groups in total. The number of imidazole rings is 1. The Kier molecular flexibility index (Phi) is 6.36. The molecule has 2 aromatic carbocycles. The van der Waals surface area contributed by atoms with Gasteiger partial charge in [0, 0.05) is 30.2 Å². The molecule has 0 saturated carbocycles. The quantitative estimate of drug-likeness (QED) is 0.662. The van der Waals surface area contributed by atoms with Gasteiger partial charge in [0.25, 0.3) is 0 Å². The molecule has 1 atom stereocenters. The van der Waals surface area contributed by atoms with Gasteiger partial charge in [-0.3, -0.25) is 4.79 Å². The van der Waals surface area contributed by atoms with Gasteiger partial charge in [0.05, 0.1) is 5.75 Å². The van der Waals surface area contributed by atoms with Crippen LogP contribution in [0.2, 0.25) is 5.02 Å². The van der Waals surface area contributed by atoms with Gasteiger partial charge in [0.1, 0.15) is 11.9 Å². The van der Waals surface area contributed by atoms with E-state index in [1.54, 1.807) is 18.0 Å².